The zero-order chi connectivity index (χ0) is 19.9. The predicted molar refractivity (Wildman–Crippen MR) is 98.9 cm³/mol. The monoisotopic (exact) mass is 417 g/mol. The summed E-state index contributed by atoms with van der Waals surface area (Å²) in [5, 5.41) is 0.0555. The number of carbonyl (C=O) groups excluding carboxylic acids is 2. The minimum atomic E-state index is -0.594. The topological polar surface area (TPSA) is 81.2 Å². The number of aromatic nitrogens is 1. The summed E-state index contributed by atoms with van der Waals surface area (Å²) in [6.07, 6.45) is -0.420. The molecule has 1 fully saturated rings. The Bertz CT molecular complexity index is 781. The molecule has 0 aliphatic carbocycles. The van der Waals surface area contributed by atoms with Crippen molar-refractivity contribution in [3.63, 3.8) is 0 Å². The Morgan fingerprint density at radius 3 is 2.63 bits per heavy atom. The Balaban J connectivity index is 1.87. The molecule has 1 aromatic heterocycles. The molecule has 2 aliphatic heterocycles. The third-order valence-corrected chi connectivity index (χ3v) is 4.96. The number of methoxy groups -OCH3 is 1. The predicted octanol–water partition coefficient (Wildman–Crippen LogP) is 2.85. The van der Waals surface area contributed by atoms with Gasteiger partial charge in [0.1, 0.15) is 22.8 Å². The molecule has 2 aliphatic rings. The highest BCUT2D eigenvalue weighted by Crippen LogP contribution is 2.41. The van der Waals surface area contributed by atoms with Crippen LogP contribution in [-0.2, 0) is 4.74 Å². The van der Waals surface area contributed by atoms with Crippen LogP contribution in [0.25, 0.3) is 0 Å². The van der Waals surface area contributed by atoms with E-state index in [9.17, 15) is 9.59 Å². The lowest BCUT2D eigenvalue weighted by Gasteiger charge is -2.40. The highest BCUT2D eigenvalue weighted by molar-refractivity contribution is 6.42. The second kappa shape index (κ2) is 7.24. The van der Waals surface area contributed by atoms with Crippen LogP contribution in [0.15, 0.2) is 0 Å². The Kier molecular flexibility index (Phi) is 5.31. The molecule has 10 heteroatoms. The normalized spacial score (nSPS) is 19.6. The van der Waals surface area contributed by atoms with Crippen molar-refractivity contribution in [2.45, 2.75) is 32.4 Å². The number of fused-ring (bicyclic) bond motifs is 2. The molecule has 3 rings (SSSR count). The van der Waals surface area contributed by atoms with Gasteiger partial charge in [0.15, 0.2) is 10.9 Å². The number of ether oxygens (including phenoxy) is 3. The number of amides is 2. The number of halogens is 2. The van der Waals surface area contributed by atoms with Crippen molar-refractivity contribution in [2.75, 3.05) is 33.4 Å². The van der Waals surface area contributed by atoms with Gasteiger partial charge >= 0.3 is 6.09 Å². The fraction of sp³-hybridized carbons (Fsp3) is 0.588. The van der Waals surface area contributed by atoms with Crippen molar-refractivity contribution in [1.82, 2.24) is 14.8 Å². The van der Waals surface area contributed by atoms with Crippen LogP contribution >= 0.6 is 23.2 Å². The molecule has 1 aromatic rings. The van der Waals surface area contributed by atoms with Crippen molar-refractivity contribution in [2.24, 2.45) is 0 Å². The average molecular weight is 418 g/mol. The SMILES string of the molecule is COc1nc(Cl)c(Cl)c2c1C(=O)N1CCN(C(=O)OC(C)(C)C)CC1CO2. The molecular weight excluding hydrogens is 397 g/mol. The largest absolute Gasteiger partial charge is 0.489 e. The highest BCUT2D eigenvalue weighted by atomic mass is 35.5. The van der Waals surface area contributed by atoms with Gasteiger partial charge in [0.2, 0.25) is 5.88 Å². The smallest absolute Gasteiger partial charge is 0.410 e. The van der Waals surface area contributed by atoms with E-state index in [0.29, 0.717) is 13.1 Å². The molecule has 0 aromatic carbocycles. The summed E-state index contributed by atoms with van der Waals surface area (Å²) in [6, 6.07) is -0.356. The second-order valence-corrected chi connectivity index (χ2v) is 8.06. The number of hydrogen-bond acceptors (Lipinski definition) is 6. The van der Waals surface area contributed by atoms with Gasteiger partial charge in [-0.25, -0.2) is 4.79 Å². The van der Waals surface area contributed by atoms with Crippen LogP contribution < -0.4 is 9.47 Å². The summed E-state index contributed by atoms with van der Waals surface area (Å²) >= 11 is 12.2. The quantitative estimate of drug-likeness (QED) is 0.653. The molecule has 1 unspecified atom stereocenters. The first kappa shape index (κ1) is 19.8. The standard InChI is InChI=1S/C17H21Cl2N3O5/c1-17(2,3)27-16(24)21-5-6-22-9(7-21)8-26-12-10(15(22)23)14(25-4)20-13(19)11(12)18/h9H,5-8H2,1-4H3. The van der Waals surface area contributed by atoms with Crippen LogP contribution in [0.4, 0.5) is 4.79 Å². The molecule has 148 valence electrons. The zero-order valence-corrected chi connectivity index (χ0v) is 17.1. The fourth-order valence-electron chi connectivity index (χ4n) is 3.05. The number of carbonyl (C=O) groups is 2. The van der Waals surface area contributed by atoms with E-state index in [4.69, 9.17) is 37.4 Å². The van der Waals surface area contributed by atoms with Crippen LogP contribution in [0.3, 0.4) is 0 Å². The zero-order valence-electron chi connectivity index (χ0n) is 15.5. The number of hydrogen-bond donors (Lipinski definition) is 0. The summed E-state index contributed by atoms with van der Waals surface area (Å²) in [4.78, 5) is 32.7. The molecule has 3 heterocycles. The summed E-state index contributed by atoms with van der Waals surface area (Å²) < 4.78 is 16.4. The van der Waals surface area contributed by atoms with Gasteiger partial charge in [0, 0.05) is 19.6 Å². The second-order valence-electron chi connectivity index (χ2n) is 7.32. The third kappa shape index (κ3) is 3.87. The van der Waals surface area contributed by atoms with Gasteiger partial charge in [-0.3, -0.25) is 4.79 Å². The van der Waals surface area contributed by atoms with Crippen molar-refractivity contribution >= 4 is 35.2 Å². The van der Waals surface area contributed by atoms with Crippen molar-refractivity contribution in [3.05, 3.63) is 15.7 Å². The molecule has 0 N–H and O–H groups in total. The van der Waals surface area contributed by atoms with Gasteiger partial charge < -0.3 is 24.0 Å². The minimum absolute atomic E-state index is 0.00433. The minimum Gasteiger partial charge on any atom is -0.489 e. The number of rotatable bonds is 1. The first-order valence-corrected chi connectivity index (χ1v) is 9.22. The molecule has 0 spiro atoms. The average Bonchev–Trinajstić information content (AvgIpc) is 2.74. The van der Waals surface area contributed by atoms with Crippen molar-refractivity contribution < 1.29 is 23.8 Å². The van der Waals surface area contributed by atoms with Gasteiger partial charge in [0.25, 0.3) is 5.91 Å². The molecular formula is C17H21Cl2N3O5. The van der Waals surface area contributed by atoms with E-state index >= 15 is 0 Å². The molecule has 0 saturated carbocycles. The molecule has 2 amide bonds. The lowest BCUT2D eigenvalue weighted by molar-refractivity contribution is 0.000913. The first-order valence-electron chi connectivity index (χ1n) is 8.47. The van der Waals surface area contributed by atoms with Crippen LogP contribution in [0.1, 0.15) is 31.1 Å². The van der Waals surface area contributed by atoms with E-state index in [1.165, 1.54) is 7.11 Å². The van der Waals surface area contributed by atoms with E-state index in [1.807, 2.05) is 0 Å². The molecule has 8 nitrogen and oxygen atoms in total. The highest BCUT2D eigenvalue weighted by Gasteiger charge is 2.40. The van der Waals surface area contributed by atoms with Gasteiger partial charge in [-0.2, -0.15) is 4.98 Å². The lowest BCUT2D eigenvalue weighted by atomic mass is 10.1. The summed E-state index contributed by atoms with van der Waals surface area (Å²) in [6.45, 7) is 6.54. The third-order valence-electron chi connectivity index (χ3n) is 4.24. The van der Waals surface area contributed by atoms with Crippen LogP contribution in [0.5, 0.6) is 11.6 Å². The number of pyridine rings is 1. The van der Waals surface area contributed by atoms with Gasteiger partial charge in [-0.15, -0.1) is 0 Å². The molecule has 1 atom stereocenters. The van der Waals surface area contributed by atoms with Gasteiger partial charge in [-0.05, 0) is 20.8 Å². The molecule has 1 saturated heterocycles. The molecule has 0 bridgehead atoms. The van der Waals surface area contributed by atoms with E-state index in [-0.39, 0.29) is 52.5 Å². The Labute approximate surface area is 167 Å². The van der Waals surface area contributed by atoms with Gasteiger partial charge in [-0.1, -0.05) is 23.2 Å². The molecule has 0 radical (unpaired) electrons. The van der Waals surface area contributed by atoms with Crippen LogP contribution in [-0.4, -0.2) is 71.8 Å². The number of nitrogens with zero attached hydrogens (tertiary/aromatic N) is 3. The molecule has 27 heavy (non-hydrogen) atoms. The number of piperazine rings is 1. The van der Waals surface area contributed by atoms with Gasteiger partial charge in [0.05, 0.1) is 13.2 Å². The summed E-state index contributed by atoms with van der Waals surface area (Å²) in [5.41, 5.74) is -0.455. The van der Waals surface area contributed by atoms with Crippen molar-refractivity contribution in [1.29, 1.82) is 0 Å². The van der Waals surface area contributed by atoms with Crippen LogP contribution in [0.2, 0.25) is 10.2 Å². The maximum atomic E-state index is 13.1. The Morgan fingerprint density at radius 2 is 2.00 bits per heavy atom. The van der Waals surface area contributed by atoms with E-state index in [1.54, 1.807) is 30.6 Å². The first-order chi connectivity index (χ1) is 12.6. The maximum absolute atomic E-state index is 13.1. The van der Waals surface area contributed by atoms with E-state index in [0.717, 1.165) is 0 Å². The fourth-order valence-corrected chi connectivity index (χ4v) is 3.40. The Morgan fingerprint density at radius 1 is 1.30 bits per heavy atom. The van der Waals surface area contributed by atoms with Crippen LogP contribution in [0, 0.1) is 0 Å². The summed E-state index contributed by atoms with van der Waals surface area (Å²) in [7, 11) is 1.39. The van der Waals surface area contributed by atoms with E-state index < -0.39 is 11.7 Å². The van der Waals surface area contributed by atoms with Crippen molar-refractivity contribution in [3.8, 4) is 11.6 Å². The summed E-state index contributed by atoms with van der Waals surface area (Å²) in [5.74, 6) is -0.115. The Hall–Kier alpha value is -1.93. The van der Waals surface area contributed by atoms with E-state index in [2.05, 4.69) is 4.98 Å². The maximum Gasteiger partial charge on any atom is 0.410 e. The lowest BCUT2D eigenvalue weighted by Crippen LogP contribution is -2.58.